The summed E-state index contributed by atoms with van der Waals surface area (Å²) in [5, 5.41) is 6.84. The Morgan fingerprint density at radius 3 is 2.75 bits per heavy atom. The van der Waals surface area contributed by atoms with Crippen LogP contribution in [0, 0.1) is 5.92 Å². The molecule has 1 saturated heterocycles. The largest absolute Gasteiger partial charge is 0.365 e. The molecule has 2 aliphatic rings. The van der Waals surface area contributed by atoms with Gasteiger partial charge in [0.1, 0.15) is 0 Å². The van der Waals surface area contributed by atoms with Gasteiger partial charge >= 0.3 is 0 Å². The Labute approximate surface area is 142 Å². The highest BCUT2D eigenvalue weighted by Crippen LogP contribution is 2.33. The summed E-state index contributed by atoms with van der Waals surface area (Å²) in [7, 11) is 0. The number of aromatic nitrogens is 2. The van der Waals surface area contributed by atoms with Crippen molar-refractivity contribution >= 4 is 11.8 Å². The molecule has 0 radical (unpaired) electrons. The maximum absolute atomic E-state index is 12.8. The standard InChI is InChI=1S/C18H26N4O2/c1-12-5-7-13(8-6-12)10-16(23)22-9-3-2-4-15(22)17-14(18(19)24)11-20-21-17/h10-12,15H,2-9H2,1H3,(H2,19,24)(H,20,21). The minimum Gasteiger partial charge on any atom is -0.365 e. The smallest absolute Gasteiger partial charge is 0.252 e. The second-order valence-corrected chi connectivity index (χ2v) is 7.09. The summed E-state index contributed by atoms with van der Waals surface area (Å²) in [4.78, 5) is 26.3. The average molecular weight is 330 g/mol. The van der Waals surface area contributed by atoms with Crippen molar-refractivity contribution in [2.75, 3.05) is 6.54 Å². The number of H-pyrrole nitrogens is 1. The molecule has 1 aromatic rings. The first-order valence-corrected chi connectivity index (χ1v) is 8.89. The number of nitrogens with zero attached hydrogens (tertiary/aromatic N) is 2. The van der Waals surface area contributed by atoms with Gasteiger partial charge in [-0.2, -0.15) is 5.10 Å². The monoisotopic (exact) mass is 330 g/mol. The van der Waals surface area contributed by atoms with E-state index in [-0.39, 0.29) is 11.9 Å². The number of piperidine rings is 1. The van der Waals surface area contributed by atoms with Gasteiger partial charge in [0.2, 0.25) is 5.91 Å². The first-order chi connectivity index (χ1) is 11.6. The van der Waals surface area contributed by atoms with E-state index in [0.717, 1.165) is 50.9 Å². The predicted octanol–water partition coefficient (Wildman–Crippen LogP) is 2.70. The summed E-state index contributed by atoms with van der Waals surface area (Å²) < 4.78 is 0. The molecule has 1 unspecified atom stereocenters. The number of carbonyl (C=O) groups excluding carboxylic acids is 2. The Morgan fingerprint density at radius 1 is 1.29 bits per heavy atom. The molecule has 3 N–H and O–H groups in total. The van der Waals surface area contributed by atoms with Crippen molar-refractivity contribution in [1.82, 2.24) is 15.1 Å². The number of likely N-dealkylation sites (tertiary alicyclic amines) is 1. The molecule has 0 bridgehead atoms. The van der Waals surface area contributed by atoms with Crippen LogP contribution in [0.1, 0.15) is 74.0 Å². The molecule has 1 aromatic heterocycles. The lowest BCUT2D eigenvalue weighted by Crippen LogP contribution is -2.38. The van der Waals surface area contributed by atoms with E-state index in [1.165, 1.54) is 11.8 Å². The zero-order valence-corrected chi connectivity index (χ0v) is 14.3. The molecule has 1 atom stereocenters. The van der Waals surface area contributed by atoms with Crippen molar-refractivity contribution in [2.24, 2.45) is 11.7 Å². The lowest BCUT2D eigenvalue weighted by atomic mass is 9.87. The molecule has 2 heterocycles. The number of hydrogen-bond donors (Lipinski definition) is 2. The van der Waals surface area contributed by atoms with Crippen molar-refractivity contribution in [3.63, 3.8) is 0 Å². The van der Waals surface area contributed by atoms with E-state index in [1.54, 1.807) is 0 Å². The molecule has 2 amide bonds. The third-order valence-corrected chi connectivity index (χ3v) is 5.30. The zero-order valence-electron chi connectivity index (χ0n) is 14.3. The van der Waals surface area contributed by atoms with Crippen LogP contribution >= 0.6 is 0 Å². The maximum atomic E-state index is 12.8. The molecular formula is C18H26N4O2. The molecule has 3 rings (SSSR count). The number of allylic oxidation sites excluding steroid dienone is 1. The molecule has 130 valence electrons. The lowest BCUT2D eigenvalue weighted by molar-refractivity contribution is -0.129. The van der Waals surface area contributed by atoms with Gasteiger partial charge in [0.15, 0.2) is 0 Å². The van der Waals surface area contributed by atoms with E-state index >= 15 is 0 Å². The van der Waals surface area contributed by atoms with E-state index < -0.39 is 5.91 Å². The highest BCUT2D eigenvalue weighted by molar-refractivity contribution is 5.94. The lowest BCUT2D eigenvalue weighted by Gasteiger charge is -2.35. The van der Waals surface area contributed by atoms with Crippen LogP contribution < -0.4 is 5.73 Å². The van der Waals surface area contributed by atoms with Crippen LogP contribution in [0.5, 0.6) is 0 Å². The molecule has 0 spiro atoms. The van der Waals surface area contributed by atoms with Crippen molar-refractivity contribution in [2.45, 2.75) is 57.9 Å². The predicted molar refractivity (Wildman–Crippen MR) is 91.1 cm³/mol. The average Bonchev–Trinajstić information content (AvgIpc) is 3.07. The molecular weight excluding hydrogens is 304 g/mol. The number of carbonyl (C=O) groups is 2. The number of hydrogen-bond acceptors (Lipinski definition) is 3. The van der Waals surface area contributed by atoms with E-state index in [0.29, 0.717) is 17.8 Å². The van der Waals surface area contributed by atoms with Crippen molar-refractivity contribution in [3.05, 3.63) is 29.1 Å². The third-order valence-electron chi connectivity index (χ3n) is 5.30. The highest BCUT2D eigenvalue weighted by atomic mass is 16.2. The number of primary amides is 1. The highest BCUT2D eigenvalue weighted by Gasteiger charge is 2.31. The van der Waals surface area contributed by atoms with Crippen molar-refractivity contribution < 1.29 is 9.59 Å². The Bertz CT molecular complexity index is 639. The van der Waals surface area contributed by atoms with E-state index in [9.17, 15) is 9.59 Å². The van der Waals surface area contributed by atoms with E-state index in [1.807, 2.05) is 11.0 Å². The van der Waals surface area contributed by atoms with Crippen LogP contribution in [0.15, 0.2) is 17.8 Å². The van der Waals surface area contributed by atoms with Gasteiger partial charge < -0.3 is 10.6 Å². The Balaban J connectivity index is 1.79. The van der Waals surface area contributed by atoms with Crippen LogP contribution in [0.3, 0.4) is 0 Å². The van der Waals surface area contributed by atoms with E-state index in [2.05, 4.69) is 17.1 Å². The van der Waals surface area contributed by atoms with E-state index in [4.69, 9.17) is 5.73 Å². The number of amides is 2. The van der Waals surface area contributed by atoms with Crippen LogP contribution in [0.4, 0.5) is 0 Å². The van der Waals surface area contributed by atoms with Crippen molar-refractivity contribution in [3.8, 4) is 0 Å². The molecule has 24 heavy (non-hydrogen) atoms. The van der Waals surface area contributed by atoms with Crippen molar-refractivity contribution in [1.29, 1.82) is 0 Å². The molecule has 6 heteroatoms. The van der Waals surface area contributed by atoms with Gasteiger partial charge in [-0.05, 0) is 50.9 Å². The molecule has 6 nitrogen and oxygen atoms in total. The Morgan fingerprint density at radius 2 is 2.04 bits per heavy atom. The summed E-state index contributed by atoms with van der Waals surface area (Å²) in [5.41, 5.74) is 7.75. The quantitative estimate of drug-likeness (QED) is 0.835. The van der Waals surface area contributed by atoms with Gasteiger partial charge in [-0.1, -0.05) is 12.5 Å². The fourth-order valence-corrected chi connectivity index (χ4v) is 3.78. The number of rotatable bonds is 3. The van der Waals surface area contributed by atoms with Crippen LogP contribution in [-0.2, 0) is 4.79 Å². The SMILES string of the molecule is CC1CCC(=CC(=O)N2CCCCC2c2[nH]ncc2C(N)=O)CC1. The Kier molecular flexibility index (Phi) is 5.02. The topological polar surface area (TPSA) is 92.1 Å². The third kappa shape index (κ3) is 3.52. The second kappa shape index (κ2) is 7.20. The second-order valence-electron chi connectivity index (χ2n) is 7.09. The fourth-order valence-electron chi connectivity index (χ4n) is 3.78. The number of nitrogens with two attached hydrogens (primary N) is 1. The van der Waals surface area contributed by atoms with Gasteiger partial charge in [0.05, 0.1) is 23.5 Å². The summed E-state index contributed by atoms with van der Waals surface area (Å²) in [5.74, 6) is 0.300. The summed E-state index contributed by atoms with van der Waals surface area (Å²) >= 11 is 0. The normalized spacial score (nSPS) is 24.7. The first-order valence-electron chi connectivity index (χ1n) is 8.89. The minimum absolute atomic E-state index is 0.0503. The van der Waals surface area contributed by atoms with Gasteiger partial charge in [0, 0.05) is 12.6 Å². The molecule has 1 aliphatic heterocycles. The fraction of sp³-hybridized carbons (Fsp3) is 0.611. The van der Waals surface area contributed by atoms with Gasteiger partial charge in [-0.3, -0.25) is 14.7 Å². The summed E-state index contributed by atoms with van der Waals surface area (Å²) in [6.45, 7) is 2.98. The Hall–Kier alpha value is -2.11. The molecule has 0 aromatic carbocycles. The number of aromatic amines is 1. The van der Waals surface area contributed by atoms with Crippen LogP contribution in [0.2, 0.25) is 0 Å². The van der Waals surface area contributed by atoms with Crippen LogP contribution in [0.25, 0.3) is 0 Å². The summed E-state index contributed by atoms with van der Waals surface area (Å²) in [6.07, 6.45) is 10.5. The maximum Gasteiger partial charge on any atom is 0.252 e. The van der Waals surface area contributed by atoms with Gasteiger partial charge in [-0.15, -0.1) is 0 Å². The van der Waals surface area contributed by atoms with Gasteiger partial charge in [-0.25, -0.2) is 0 Å². The molecule has 1 aliphatic carbocycles. The zero-order chi connectivity index (χ0) is 17.1. The molecule has 1 saturated carbocycles. The summed E-state index contributed by atoms with van der Waals surface area (Å²) in [6, 6.07) is -0.143. The molecule has 2 fully saturated rings. The van der Waals surface area contributed by atoms with Crippen LogP contribution in [-0.4, -0.2) is 33.5 Å². The first kappa shape index (κ1) is 16.7. The minimum atomic E-state index is -0.503. The van der Waals surface area contributed by atoms with Gasteiger partial charge in [0.25, 0.3) is 5.91 Å². The number of nitrogens with one attached hydrogen (secondary N) is 1.